The molecule has 0 aliphatic rings. The molecule has 0 bridgehead atoms. The van der Waals surface area contributed by atoms with Crippen molar-refractivity contribution in [2.45, 2.75) is 13.0 Å². The SMILES string of the molecule is C[C@H](Oc1ccc(C=Nn2c(-c3cc4cc(Cl)ccc4o3)nc3ccccc3c2=O)cc1Cl)C(=O)O. The van der Waals surface area contributed by atoms with Crippen molar-refractivity contribution in [1.29, 1.82) is 0 Å². The normalized spacial score (nSPS) is 12.4. The Labute approximate surface area is 214 Å². The van der Waals surface area contributed by atoms with Gasteiger partial charge in [0.25, 0.3) is 5.56 Å². The smallest absolute Gasteiger partial charge is 0.344 e. The van der Waals surface area contributed by atoms with Gasteiger partial charge in [-0.2, -0.15) is 9.78 Å². The molecule has 0 fully saturated rings. The number of hydrogen-bond acceptors (Lipinski definition) is 6. The summed E-state index contributed by atoms with van der Waals surface area (Å²) in [5.74, 6) is -0.338. The maximum atomic E-state index is 13.4. The minimum absolute atomic E-state index is 0.199. The topological polar surface area (TPSA) is 107 Å². The number of para-hydroxylation sites is 1. The Morgan fingerprint density at radius 2 is 1.94 bits per heavy atom. The predicted molar refractivity (Wildman–Crippen MR) is 138 cm³/mol. The highest BCUT2D eigenvalue weighted by Crippen LogP contribution is 2.29. The number of carboxylic acids is 1. The summed E-state index contributed by atoms with van der Waals surface area (Å²) in [6.45, 7) is 1.40. The first-order chi connectivity index (χ1) is 17.3. The second-order valence-electron chi connectivity index (χ2n) is 7.90. The van der Waals surface area contributed by atoms with E-state index >= 15 is 0 Å². The van der Waals surface area contributed by atoms with E-state index in [1.54, 1.807) is 60.7 Å². The molecule has 2 heterocycles. The van der Waals surface area contributed by atoms with Crippen LogP contribution in [-0.2, 0) is 4.79 Å². The lowest BCUT2D eigenvalue weighted by molar-refractivity contribution is -0.144. The summed E-state index contributed by atoms with van der Waals surface area (Å²) in [4.78, 5) is 29.0. The predicted octanol–water partition coefficient (Wildman–Crippen LogP) is 5.85. The van der Waals surface area contributed by atoms with Gasteiger partial charge in [0.2, 0.25) is 5.82 Å². The summed E-state index contributed by atoms with van der Waals surface area (Å²) >= 11 is 12.4. The van der Waals surface area contributed by atoms with Crippen LogP contribution in [0.2, 0.25) is 10.0 Å². The van der Waals surface area contributed by atoms with E-state index in [2.05, 4.69) is 10.1 Å². The number of furan rings is 1. The summed E-state index contributed by atoms with van der Waals surface area (Å²) in [5, 5.41) is 15.3. The molecule has 180 valence electrons. The first kappa shape index (κ1) is 23.6. The van der Waals surface area contributed by atoms with Crippen LogP contribution in [0.1, 0.15) is 12.5 Å². The number of carboxylic acid groups (broad SMARTS) is 1. The van der Waals surface area contributed by atoms with Crippen molar-refractivity contribution in [3.63, 3.8) is 0 Å². The number of rotatable bonds is 6. The Kier molecular flexibility index (Phi) is 6.22. The maximum absolute atomic E-state index is 13.4. The number of aliphatic carboxylic acids is 1. The van der Waals surface area contributed by atoms with Crippen molar-refractivity contribution in [3.05, 3.63) is 92.7 Å². The van der Waals surface area contributed by atoms with Gasteiger partial charge in [-0.05, 0) is 67.1 Å². The molecule has 0 saturated carbocycles. The van der Waals surface area contributed by atoms with E-state index in [9.17, 15) is 9.59 Å². The van der Waals surface area contributed by atoms with Gasteiger partial charge in [0.1, 0.15) is 11.3 Å². The molecule has 36 heavy (non-hydrogen) atoms. The molecular weight excluding hydrogens is 505 g/mol. The van der Waals surface area contributed by atoms with Crippen LogP contribution < -0.4 is 10.3 Å². The fourth-order valence-electron chi connectivity index (χ4n) is 3.57. The Bertz CT molecular complexity index is 1720. The molecule has 2 aromatic heterocycles. The highest BCUT2D eigenvalue weighted by molar-refractivity contribution is 6.32. The Balaban J connectivity index is 1.59. The molecule has 1 N–H and O–H groups in total. The number of halogens is 2. The van der Waals surface area contributed by atoms with Gasteiger partial charge in [-0.1, -0.05) is 35.3 Å². The van der Waals surface area contributed by atoms with Crippen LogP contribution in [0.4, 0.5) is 0 Å². The standard InChI is InChI=1S/C26H17Cl2N3O5/c1-14(26(33)34)35-22-8-6-15(10-19(22)28)13-29-31-24(30-20-5-3-2-4-18(20)25(31)32)23-12-16-11-17(27)7-9-21(16)36-23/h2-14H,1H3,(H,33,34)/t14-/m0/s1. The van der Waals surface area contributed by atoms with E-state index in [4.69, 9.17) is 37.5 Å². The molecule has 10 heteroatoms. The maximum Gasteiger partial charge on any atom is 0.344 e. The fraction of sp³-hybridized carbons (Fsp3) is 0.0769. The first-order valence-electron chi connectivity index (χ1n) is 10.7. The number of ether oxygens (including phenoxy) is 1. The second-order valence-corrected chi connectivity index (χ2v) is 8.74. The van der Waals surface area contributed by atoms with Crippen LogP contribution in [0.5, 0.6) is 5.75 Å². The molecule has 0 unspecified atom stereocenters. The summed E-state index contributed by atoms with van der Waals surface area (Å²) in [6.07, 6.45) is 0.377. The molecule has 0 spiro atoms. The van der Waals surface area contributed by atoms with Crippen molar-refractivity contribution >= 4 is 57.3 Å². The number of benzene rings is 3. The minimum Gasteiger partial charge on any atom is -0.479 e. The van der Waals surface area contributed by atoms with Crippen LogP contribution in [0.3, 0.4) is 0 Å². The first-order valence-corrected chi connectivity index (χ1v) is 11.5. The van der Waals surface area contributed by atoms with E-state index in [1.807, 2.05) is 0 Å². The van der Waals surface area contributed by atoms with Gasteiger partial charge in [0, 0.05) is 10.4 Å². The minimum atomic E-state index is -1.11. The quantitative estimate of drug-likeness (QED) is 0.281. The molecule has 0 saturated heterocycles. The van der Waals surface area contributed by atoms with Crippen molar-refractivity contribution in [2.24, 2.45) is 5.10 Å². The van der Waals surface area contributed by atoms with E-state index in [-0.39, 0.29) is 22.2 Å². The Morgan fingerprint density at radius 1 is 1.14 bits per heavy atom. The Hall–Kier alpha value is -4.14. The van der Waals surface area contributed by atoms with Gasteiger partial charge < -0.3 is 14.3 Å². The van der Waals surface area contributed by atoms with Crippen molar-refractivity contribution < 1.29 is 19.1 Å². The van der Waals surface area contributed by atoms with Crippen LogP contribution >= 0.6 is 23.2 Å². The molecule has 8 nitrogen and oxygen atoms in total. The van der Waals surface area contributed by atoms with Gasteiger partial charge in [0.05, 0.1) is 22.1 Å². The molecule has 0 radical (unpaired) electrons. The van der Waals surface area contributed by atoms with Gasteiger partial charge in [-0.3, -0.25) is 4.79 Å². The van der Waals surface area contributed by atoms with Crippen molar-refractivity contribution in [3.8, 4) is 17.3 Å². The highest BCUT2D eigenvalue weighted by Gasteiger charge is 2.17. The number of aromatic nitrogens is 2. The third-order valence-corrected chi connectivity index (χ3v) is 5.91. The molecular formula is C26H17Cl2N3O5. The average molecular weight is 522 g/mol. The van der Waals surface area contributed by atoms with E-state index in [0.717, 1.165) is 10.1 Å². The zero-order valence-electron chi connectivity index (χ0n) is 18.7. The molecule has 5 rings (SSSR count). The van der Waals surface area contributed by atoms with Crippen LogP contribution in [0.25, 0.3) is 33.5 Å². The lowest BCUT2D eigenvalue weighted by atomic mass is 10.2. The monoisotopic (exact) mass is 521 g/mol. The van der Waals surface area contributed by atoms with Crippen LogP contribution in [0, 0.1) is 0 Å². The van der Waals surface area contributed by atoms with Crippen LogP contribution in [-0.4, -0.2) is 33.1 Å². The lowest BCUT2D eigenvalue weighted by Gasteiger charge is -2.12. The van der Waals surface area contributed by atoms with E-state index in [1.165, 1.54) is 19.2 Å². The van der Waals surface area contributed by atoms with Crippen molar-refractivity contribution in [1.82, 2.24) is 9.66 Å². The second kappa shape index (κ2) is 9.49. The lowest BCUT2D eigenvalue weighted by Crippen LogP contribution is -2.23. The summed E-state index contributed by atoms with van der Waals surface area (Å²) in [7, 11) is 0. The third-order valence-electron chi connectivity index (χ3n) is 5.38. The number of fused-ring (bicyclic) bond motifs is 2. The van der Waals surface area contributed by atoms with Crippen molar-refractivity contribution in [2.75, 3.05) is 0 Å². The Morgan fingerprint density at radius 3 is 2.72 bits per heavy atom. The molecule has 0 aliphatic carbocycles. The third kappa shape index (κ3) is 4.56. The molecule has 0 aliphatic heterocycles. The van der Waals surface area contributed by atoms with E-state index < -0.39 is 12.1 Å². The molecule has 5 aromatic rings. The molecule has 3 aromatic carbocycles. The fourth-order valence-corrected chi connectivity index (χ4v) is 3.99. The van der Waals surface area contributed by atoms with Gasteiger partial charge in [0.15, 0.2) is 11.9 Å². The molecule has 0 amide bonds. The molecule has 1 atom stereocenters. The summed E-state index contributed by atoms with van der Waals surface area (Å²) in [6, 6.07) is 18.6. The largest absolute Gasteiger partial charge is 0.479 e. The van der Waals surface area contributed by atoms with Gasteiger partial charge in [-0.15, -0.1) is 0 Å². The number of hydrogen-bond donors (Lipinski definition) is 1. The number of nitrogens with zero attached hydrogens (tertiary/aromatic N) is 3. The zero-order valence-corrected chi connectivity index (χ0v) is 20.2. The van der Waals surface area contributed by atoms with Crippen LogP contribution in [0.15, 0.2) is 81.0 Å². The zero-order chi connectivity index (χ0) is 25.4. The van der Waals surface area contributed by atoms with Gasteiger partial charge >= 0.3 is 5.97 Å². The summed E-state index contributed by atoms with van der Waals surface area (Å²) < 4.78 is 12.5. The average Bonchev–Trinajstić information content (AvgIpc) is 3.28. The van der Waals surface area contributed by atoms with Gasteiger partial charge in [-0.25, -0.2) is 9.78 Å². The highest BCUT2D eigenvalue weighted by atomic mass is 35.5. The summed E-state index contributed by atoms with van der Waals surface area (Å²) in [5.41, 5.74) is 1.26. The van der Waals surface area contributed by atoms with E-state index in [0.29, 0.717) is 32.8 Å². The number of carbonyl (C=O) groups is 1.